The van der Waals surface area contributed by atoms with E-state index in [0.717, 1.165) is 62.7 Å². The number of hydrogen-bond acceptors (Lipinski definition) is 5. The number of carbonyl (C=O) groups excluding carboxylic acids is 1. The number of aromatic nitrogens is 1. The lowest BCUT2D eigenvalue weighted by atomic mass is 9.92. The number of amides is 1. The second-order valence-corrected chi connectivity index (χ2v) is 8.48. The molecule has 0 aliphatic carbocycles. The fraction of sp³-hybridized carbons (Fsp3) is 0.600. The highest BCUT2D eigenvalue weighted by molar-refractivity contribution is 7.22. The number of nitrogens with zero attached hydrogens (tertiary/aromatic N) is 3. The molecule has 0 saturated carbocycles. The van der Waals surface area contributed by atoms with Gasteiger partial charge in [0.05, 0.1) is 16.8 Å². The van der Waals surface area contributed by atoms with Crippen LogP contribution < -0.4 is 4.90 Å². The van der Waals surface area contributed by atoms with Crippen LogP contribution in [0.4, 0.5) is 5.13 Å². The van der Waals surface area contributed by atoms with Crippen LogP contribution in [-0.4, -0.2) is 55.7 Å². The van der Waals surface area contributed by atoms with Gasteiger partial charge >= 0.3 is 0 Å². The van der Waals surface area contributed by atoms with E-state index in [-0.39, 0.29) is 5.92 Å². The average molecular weight is 374 g/mol. The molecule has 1 amide bonds. The largest absolute Gasteiger partial charge is 0.384 e. The molecule has 1 aromatic heterocycles. The Hall–Kier alpha value is -1.66. The van der Waals surface area contributed by atoms with Gasteiger partial charge in [0, 0.05) is 39.2 Å². The van der Waals surface area contributed by atoms with Gasteiger partial charge in [-0.1, -0.05) is 23.5 Å². The average Bonchev–Trinajstić information content (AvgIpc) is 3.12. The second-order valence-electron chi connectivity index (χ2n) is 7.47. The smallest absolute Gasteiger partial charge is 0.225 e. The lowest BCUT2D eigenvalue weighted by Crippen LogP contribution is -2.46. The number of piperidine rings is 2. The fourth-order valence-corrected chi connectivity index (χ4v) is 5.23. The van der Waals surface area contributed by atoms with Crippen molar-refractivity contribution in [1.29, 1.82) is 0 Å². The van der Waals surface area contributed by atoms with Crippen LogP contribution in [0.2, 0.25) is 0 Å². The molecular formula is C20H27N3O2S. The Morgan fingerprint density at radius 3 is 2.81 bits per heavy atom. The number of para-hydroxylation sites is 1. The molecule has 0 N–H and O–H groups in total. The van der Waals surface area contributed by atoms with Crippen LogP contribution in [0, 0.1) is 11.8 Å². The van der Waals surface area contributed by atoms with Gasteiger partial charge < -0.3 is 14.5 Å². The summed E-state index contributed by atoms with van der Waals surface area (Å²) in [4.78, 5) is 22.1. The summed E-state index contributed by atoms with van der Waals surface area (Å²) in [7, 11) is 1.75. The molecule has 1 unspecified atom stereocenters. The van der Waals surface area contributed by atoms with Crippen LogP contribution in [0.25, 0.3) is 10.2 Å². The maximum Gasteiger partial charge on any atom is 0.225 e. The molecule has 5 nitrogen and oxygen atoms in total. The fourth-order valence-electron chi connectivity index (χ4n) is 4.21. The molecule has 26 heavy (non-hydrogen) atoms. The van der Waals surface area contributed by atoms with E-state index in [0.29, 0.717) is 11.8 Å². The van der Waals surface area contributed by atoms with Crippen molar-refractivity contribution in [1.82, 2.24) is 9.88 Å². The number of carbonyl (C=O) groups is 1. The van der Waals surface area contributed by atoms with Crippen molar-refractivity contribution in [2.45, 2.75) is 25.7 Å². The van der Waals surface area contributed by atoms with Gasteiger partial charge in [-0.2, -0.15) is 0 Å². The Kier molecular flexibility index (Phi) is 5.41. The number of rotatable bonds is 4. The number of methoxy groups -OCH3 is 1. The van der Waals surface area contributed by atoms with E-state index in [2.05, 4.69) is 28.0 Å². The summed E-state index contributed by atoms with van der Waals surface area (Å²) in [5.74, 6) is 1.03. The maximum atomic E-state index is 12.9. The van der Waals surface area contributed by atoms with Gasteiger partial charge in [0.2, 0.25) is 5.91 Å². The zero-order valence-corrected chi connectivity index (χ0v) is 16.2. The zero-order chi connectivity index (χ0) is 17.9. The van der Waals surface area contributed by atoms with E-state index in [4.69, 9.17) is 9.72 Å². The summed E-state index contributed by atoms with van der Waals surface area (Å²) in [6.07, 6.45) is 4.14. The lowest BCUT2D eigenvalue weighted by Gasteiger charge is -2.37. The minimum atomic E-state index is 0.168. The monoisotopic (exact) mass is 373 g/mol. The van der Waals surface area contributed by atoms with Crippen molar-refractivity contribution in [2.75, 3.05) is 44.8 Å². The molecule has 6 heteroatoms. The molecule has 2 saturated heterocycles. The summed E-state index contributed by atoms with van der Waals surface area (Å²) in [5.41, 5.74) is 1.07. The molecule has 2 aromatic rings. The standard InChI is InChI=1S/C20H27N3O2S/c1-25-14-15-5-4-10-23(13-15)19(24)16-8-11-22(12-9-16)20-21-17-6-2-3-7-18(17)26-20/h2-3,6-7,15-16H,4-5,8-14H2,1H3. The molecule has 0 bridgehead atoms. The molecule has 4 rings (SSSR count). The normalized spacial score (nSPS) is 22.1. The van der Waals surface area contributed by atoms with Gasteiger partial charge in [0.1, 0.15) is 0 Å². The van der Waals surface area contributed by atoms with Crippen LogP contribution in [0.3, 0.4) is 0 Å². The number of anilines is 1. The molecule has 0 radical (unpaired) electrons. The first-order valence-electron chi connectivity index (χ1n) is 9.63. The van der Waals surface area contributed by atoms with Crippen LogP contribution >= 0.6 is 11.3 Å². The van der Waals surface area contributed by atoms with E-state index in [1.165, 1.54) is 11.1 Å². The summed E-state index contributed by atoms with van der Waals surface area (Å²) in [6.45, 7) is 4.39. The van der Waals surface area contributed by atoms with E-state index in [1.54, 1.807) is 18.4 Å². The molecule has 0 spiro atoms. The molecule has 3 heterocycles. The molecule has 2 aliphatic rings. The van der Waals surface area contributed by atoms with Gasteiger partial charge in [-0.3, -0.25) is 4.79 Å². The van der Waals surface area contributed by atoms with Gasteiger partial charge in [-0.05, 0) is 43.7 Å². The number of hydrogen-bond donors (Lipinski definition) is 0. The molecule has 1 aromatic carbocycles. The molecule has 140 valence electrons. The number of thiazole rings is 1. The van der Waals surface area contributed by atoms with Crippen LogP contribution in [0.1, 0.15) is 25.7 Å². The highest BCUT2D eigenvalue weighted by Gasteiger charge is 2.32. The third kappa shape index (κ3) is 3.71. The predicted octanol–water partition coefficient (Wildman–Crippen LogP) is 3.40. The van der Waals surface area contributed by atoms with Crippen molar-refractivity contribution in [2.24, 2.45) is 11.8 Å². The minimum absolute atomic E-state index is 0.168. The summed E-state index contributed by atoms with van der Waals surface area (Å²) >= 11 is 1.75. The van der Waals surface area contributed by atoms with Crippen molar-refractivity contribution < 1.29 is 9.53 Å². The first kappa shape index (κ1) is 17.7. The van der Waals surface area contributed by atoms with E-state index in [1.807, 2.05) is 6.07 Å². The Bertz CT molecular complexity index is 719. The second kappa shape index (κ2) is 7.92. The first-order chi connectivity index (χ1) is 12.7. The van der Waals surface area contributed by atoms with Gasteiger partial charge in [-0.15, -0.1) is 0 Å². The van der Waals surface area contributed by atoms with Gasteiger partial charge in [0.15, 0.2) is 5.13 Å². The highest BCUT2D eigenvalue weighted by Crippen LogP contribution is 2.32. The number of likely N-dealkylation sites (tertiary alicyclic amines) is 1. The van der Waals surface area contributed by atoms with E-state index in [9.17, 15) is 4.79 Å². The van der Waals surface area contributed by atoms with E-state index < -0.39 is 0 Å². The zero-order valence-electron chi connectivity index (χ0n) is 15.4. The predicted molar refractivity (Wildman–Crippen MR) is 106 cm³/mol. The van der Waals surface area contributed by atoms with Crippen LogP contribution in [-0.2, 0) is 9.53 Å². The van der Waals surface area contributed by atoms with Crippen molar-refractivity contribution >= 4 is 32.6 Å². The quantitative estimate of drug-likeness (QED) is 0.824. The third-order valence-corrected chi connectivity index (χ3v) is 6.73. The SMILES string of the molecule is COCC1CCCN(C(=O)C2CCN(c3nc4ccccc4s3)CC2)C1. The summed E-state index contributed by atoms with van der Waals surface area (Å²) < 4.78 is 6.53. The van der Waals surface area contributed by atoms with Crippen LogP contribution in [0.5, 0.6) is 0 Å². The lowest BCUT2D eigenvalue weighted by molar-refractivity contribution is -0.138. The number of ether oxygens (including phenoxy) is 1. The Balaban J connectivity index is 1.34. The van der Waals surface area contributed by atoms with Crippen molar-refractivity contribution in [3.8, 4) is 0 Å². The van der Waals surface area contributed by atoms with Gasteiger partial charge in [-0.25, -0.2) is 4.98 Å². The topological polar surface area (TPSA) is 45.7 Å². The third-order valence-electron chi connectivity index (χ3n) is 5.63. The number of benzene rings is 1. The first-order valence-corrected chi connectivity index (χ1v) is 10.4. The molecule has 1 atom stereocenters. The summed E-state index contributed by atoms with van der Waals surface area (Å²) in [6, 6.07) is 8.29. The minimum Gasteiger partial charge on any atom is -0.384 e. The Morgan fingerprint density at radius 1 is 1.23 bits per heavy atom. The maximum absolute atomic E-state index is 12.9. The molecular weight excluding hydrogens is 346 g/mol. The van der Waals surface area contributed by atoms with Gasteiger partial charge in [0.25, 0.3) is 0 Å². The molecule has 2 fully saturated rings. The van der Waals surface area contributed by atoms with Crippen molar-refractivity contribution in [3.63, 3.8) is 0 Å². The molecule has 2 aliphatic heterocycles. The van der Waals surface area contributed by atoms with Crippen LogP contribution in [0.15, 0.2) is 24.3 Å². The Labute approximate surface area is 159 Å². The Morgan fingerprint density at radius 2 is 2.04 bits per heavy atom. The number of fused-ring (bicyclic) bond motifs is 1. The van der Waals surface area contributed by atoms with E-state index >= 15 is 0 Å². The highest BCUT2D eigenvalue weighted by atomic mass is 32.1. The summed E-state index contributed by atoms with van der Waals surface area (Å²) in [5, 5.41) is 1.09. The van der Waals surface area contributed by atoms with Crippen molar-refractivity contribution in [3.05, 3.63) is 24.3 Å².